The summed E-state index contributed by atoms with van der Waals surface area (Å²) in [5.41, 5.74) is 2.46. The molecular formula is C31H28Cl3NO5. The predicted octanol–water partition coefficient (Wildman–Crippen LogP) is 7.41. The van der Waals surface area contributed by atoms with Gasteiger partial charge in [0.1, 0.15) is 24.2 Å². The van der Waals surface area contributed by atoms with Crippen molar-refractivity contribution in [1.82, 2.24) is 0 Å². The Balaban J connectivity index is 1.15. The zero-order valence-electron chi connectivity index (χ0n) is 21.8. The standard InChI is InChI=1S/C31H28Cl3NO5/c1-38-30(36)19-5-2-4-18(12-19)20-14-31(37,15-20)23-11-10-21(13-26(23)34)39-16-22-28(35-40-29(22)17-8-9-17)27-24(32)6-3-7-25(27)33/h2-7,10-13,17,20,22,29,37H,8-9,14-16H2,1H3. The molecule has 0 bridgehead atoms. The Labute approximate surface area is 247 Å². The number of nitrogens with zero attached hydrogens (tertiary/aromatic N) is 1. The van der Waals surface area contributed by atoms with E-state index in [-0.39, 0.29) is 23.9 Å². The van der Waals surface area contributed by atoms with Crippen molar-refractivity contribution in [2.75, 3.05) is 13.7 Å². The third kappa shape index (κ3) is 5.18. The van der Waals surface area contributed by atoms with Crippen LogP contribution >= 0.6 is 34.8 Å². The summed E-state index contributed by atoms with van der Waals surface area (Å²) in [6.45, 7) is 0.320. The fourth-order valence-electron chi connectivity index (χ4n) is 5.80. The van der Waals surface area contributed by atoms with E-state index in [1.807, 2.05) is 30.3 Å². The van der Waals surface area contributed by atoms with Crippen LogP contribution in [-0.2, 0) is 15.2 Å². The van der Waals surface area contributed by atoms with Gasteiger partial charge in [-0.1, -0.05) is 64.2 Å². The molecule has 6 nitrogen and oxygen atoms in total. The minimum absolute atomic E-state index is 0.0950. The van der Waals surface area contributed by atoms with Gasteiger partial charge in [0, 0.05) is 11.1 Å². The molecule has 1 heterocycles. The van der Waals surface area contributed by atoms with Crippen molar-refractivity contribution in [3.8, 4) is 5.75 Å². The van der Waals surface area contributed by atoms with E-state index in [2.05, 4.69) is 5.16 Å². The van der Waals surface area contributed by atoms with E-state index < -0.39 is 5.60 Å². The molecule has 0 aromatic heterocycles. The Morgan fingerprint density at radius 2 is 1.75 bits per heavy atom. The fraction of sp³-hybridized carbons (Fsp3) is 0.355. The molecule has 3 aliphatic rings. The minimum Gasteiger partial charge on any atom is -0.493 e. The normalized spacial score (nSPS) is 25.5. The fourth-order valence-corrected chi connectivity index (χ4v) is 6.74. The molecule has 3 aromatic carbocycles. The number of oxime groups is 1. The van der Waals surface area contributed by atoms with Gasteiger partial charge in [-0.25, -0.2) is 4.79 Å². The largest absolute Gasteiger partial charge is 0.493 e. The minimum atomic E-state index is -1.06. The van der Waals surface area contributed by atoms with Gasteiger partial charge in [-0.05, 0) is 79.5 Å². The first-order chi connectivity index (χ1) is 19.3. The van der Waals surface area contributed by atoms with E-state index >= 15 is 0 Å². The van der Waals surface area contributed by atoms with Crippen LogP contribution in [0.4, 0.5) is 0 Å². The van der Waals surface area contributed by atoms with E-state index in [9.17, 15) is 9.90 Å². The van der Waals surface area contributed by atoms with Crippen molar-refractivity contribution in [2.45, 2.75) is 43.3 Å². The molecule has 2 aliphatic carbocycles. The first kappa shape index (κ1) is 27.4. The highest BCUT2D eigenvalue weighted by atomic mass is 35.5. The molecular weight excluding hydrogens is 573 g/mol. The molecule has 2 atom stereocenters. The van der Waals surface area contributed by atoms with Crippen LogP contribution in [0.5, 0.6) is 5.75 Å². The van der Waals surface area contributed by atoms with Crippen molar-refractivity contribution < 1.29 is 24.2 Å². The SMILES string of the molecule is COC(=O)c1cccc(C2CC(O)(c3ccc(OCC4C(c5c(Cl)cccc5Cl)=NOC4C4CC4)cc3Cl)C2)c1. The Morgan fingerprint density at radius 1 is 1.02 bits per heavy atom. The average Bonchev–Trinajstić information content (AvgIpc) is 3.69. The summed E-state index contributed by atoms with van der Waals surface area (Å²) in [7, 11) is 1.36. The molecule has 0 radical (unpaired) electrons. The second-order valence-electron chi connectivity index (χ2n) is 10.8. The number of benzene rings is 3. The topological polar surface area (TPSA) is 77.4 Å². The summed E-state index contributed by atoms with van der Waals surface area (Å²) in [5.74, 6) is 0.607. The third-order valence-electron chi connectivity index (χ3n) is 8.14. The lowest BCUT2D eigenvalue weighted by molar-refractivity contribution is -0.0549. The van der Waals surface area contributed by atoms with Gasteiger partial charge in [0.05, 0.1) is 39.3 Å². The van der Waals surface area contributed by atoms with Crippen molar-refractivity contribution in [2.24, 2.45) is 17.0 Å². The van der Waals surface area contributed by atoms with Crippen LogP contribution < -0.4 is 4.74 Å². The second-order valence-corrected chi connectivity index (χ2v) is 12.0. The van der Waals surface area contributed by atoms with Crippen LogP contribution in [0.3, 0.4) is 0 Å². The monoisotopic (exact) mass is 599 g/mol. The van der Waals surface area contributed by atoms with Gasteiger partial charge in [-0.2, -0.15) is 0 Å². The highest BCUT2D eigenvalue weighted by Gasteiger charge is 2.47. The summed E-state index contributed by atoms with van der Waals surface area (Å²) in [6, 6.07) is 18.1. The number of halogens is 3. The molecule has 40 heavy (non-hydrogen) atoms. The Kier molecular flexibility index (Phi) is 7.47. The van der Waals surface area contributed by atoms with E-state index in [0.717, 1.165) is 18.4 Å². The lowest BCUT2D eigenvalue weighted by atomic mass is 9.65. The maximum absolute atomic E-state index is 11.9. The second kappa shape index (κ2) is 10.9. The first-order valence-electron chi connectivity index (χ1n) is 13.3. The lowest BCUT2D eigenvalue weighted by Crippen LogP contribution is -2.40. The van der Waals surface area contributed by atoms with Crippen LogP contribution in [0.1, 0.15) is 58.6 Å². The van der Waals surface area contributed by atoms with E-state index in [1.165, 1.54) is 7.11 Å². The van der Waals surface area contributed by atoms with Gasteiger partial charge >= 0.3 is 5.97 Å². The lowest BCUT2D eigenvalue weighted by Gasteiger charge is -2.45. The van der Waals surface area contributed by atoms with Crippen molar-refractivity contribution in [3.05, 3.63) is 98.0 Å². The van der Waals surface area contributed by atoms with Crippen molar-refractivity contribution in [1.29, 1.82) is 0 Å². The number of aliphatic hydroxyl groups is 1. The molecule has 2 saturated carbocycles. The third-order valence-corrected chi connectivity index (χ3v) is 9.09. The average molecular weight is 601 g/mol. The number of hydrogen-bond donors (Lipinski definition) is 1. The summed E-state index contributed by atoms with van der Waals surface area (Å²) in [6.07, 6.45) is 3.08. The molecule has 2 unspecified atom stereocenters. The molecule has 0 saturated heterocycles. The van der Waals surface area contributed by atoms with Gasteiger partial charge in [0.2, 0.25) is 0 Å². The molecule has 9 heteroatoms. The smallest absolute Gasteiger partial charge is 0.337 e. The molecule has 0 spiro atoms. The van der Waals surface area contributed by atoms with E-state index in [4.69, 9.17) is 49.1 Å². The molecule has 0 amide bonds. The number of carbonyl (C=O) groups is 1. The number of ether oxygens (including phenoxy) is 2. The zero-order valence-corrected chi connectivity index (χ0v) is 24.0. The number of hydrogen-bond acceptors (Lipinski definition) is 6. The Hall–Kier alpha value is -2.77. The molecule has 6 rings (SSSR count). The van der Waals surface area contributed by atoms with Crippen LogP contribution in [0.2, 0.25) is 15.1 Å². The van der Waals surface area contributed by atoms with Gasteiger partial charge in [-0.15, -0.1) is 0 Å². The van der Waals surface area contributed by atoms with Gasteiger partial charge in [0.15, 0.2) is 0 Å². The number of rotatable bonds is 8. The predicted molar refractivity (Wildman–Crippen MR) is 155 cm³/mol. The Bertz CT molecular complexity index is 1460. The summed E-state index contributed by atoms with van der Waals surface area (Å²) >= 11 is 19.7. The van der Waals surface area contributed by atoms with Crippen molar-refractivity contribution >= 4 is 46.5 Å². The molecule has 1 aliphatic heterocycles. The molecule has 208 valence electrons. The summed E-state index contributed by atoms with van der Waals surface area (Å²) < 4.78 is 11.0. The summed E-state index contributed by atoms with van der Waals surface area (Å²) in [4.78, 5) is 17.7. The molecule has 1 N–H and O–H groups in total. The van der Waals surface area contributed by atoms with Crippen molar-refractivity contribution in [3.63, 3.8) is 0 Å². The van der Waals surface area contributed by atoms with Gasteiger partial charge < -0.3 is 19.4 Å². The van der Waals surface area contributed by atoms with E-state index in [0.29, 0.717) is 68.6 Å². The van der Waals surface area contributed by atoms with Crippen LogP contribution in [0, 0.1) is 11.8 Å². The highest BCUT2D eigenvalue weighted by Crippen LogP contribution is 2.53. The number of methoxy groups -OCH3 is 1. The van der Waals surface area contributed by atoms with Crippen LogP contribution in [-0.4, -0.2) is 36.6 Å². The van der Waals surface area contributed by atoms with E-state index in [1.54, 1.807) is 30.3 Å². The first-order valence-corrected chi connectivity index (χ1v) is 14.4. The van der Waals surface area contributed by atoms with Crippen LogP contribution in [0.25, 0.3) is 0 Å². The molecule has 2 fully saturated rings. The molecule has 3 aromatic rings. The zero-order chi connectivity index (χ0) is 28.0. The quantitative estimate of drug-likeness (QED) is 0.273. The van der Waals surface area contributed by atoms with Gasteiger partial charge in [0.25, 0.3) is 0 Å². The number of carbonyl (C=O) groups excluding carboxylic acids is 1. The van der Waals surface area contributed by atoms with Crippen LogP contribution in [0.15, 0.2) is 65.8 Å². The Morgan fingerprint density at radius 3 is 2.42 bits per heavy atom. The number of esters is 1. The maximum atomic E-state index is 11.9. The van der Waals surface area contributed by atoms with Gasteiger partial charge in [-0.3, -0.25) is 0 Å². The summed E-state index contributed by atoms with van der Waals surface area (Å²) in [5, 5.41) is 17.2. The maximum Gasteiger partial charge on any atom is 0.337 e. The highest BCUT2D eigenvalue weighted by molar-refractivity contribution is 6.40.